The van der Waals surface area contributed by atoms with Gasteiger partial charge in [-0.25, -0.2) is 4.79 Å². The number of esters is 1. The zero-order valence-electron chi connectivity index (χ0n) is 26.1. The van der Waals surface area contributed by atoms with Crippen LogP contribution in [0.4, 0.5) is 17.1 Å². The first-order valence-corrected chi connectivity index (χ1v) is 16.0. The molecule has 2 amide bonds. The Morgan fingerprint density at radius 1 is 0.978 bits per heavy atom. The van der Waals surface area contributed by atoms with Gasteiger partial charge in [0.15, 0.2) is 0 Å². The Bertz CT molecular complexity index is 1680. The quantitative estimate of drug-likeness (QED) is 0.195. The molecule has 3 aromatic carbocycles. The second kappa shape index (κ2) is 15.6. The van der Waals surface area contributed by atoms with E-state index in [4.69, 9.17) is 9.29 Å². The van der Waals surface area contributed by atoms with Gasteiger partial charge in [0.1, 0.15) is 0 Å². The molecule has 2 aliphatic heterocycles. The Kier molecular flexibility index (Phi) is 12.2. The van der Waals surface area contributed by atoms with Crippen LogP contribution in [-0.2, 0) is 24.4 Å². The minimum atomic E-state index is -3.67. The van der Waals surface area contributed by atoms with Crippen molar-refractivity contribution in [3.05, 3.63) is 89.5 Å². The van der Waals surface area contributed by atoms with Crippen LogP contribution in [0.1, 0.15) is 21.5 Å². The number of amides is 2. The molecule has 13 nitrogen and oxygen atoms in total. The first-order chi connectivity index (χ1) is 21.3. The van der Waals surface area contributed by atoms with Gasteiger partial charge in [-0.1, -0.05) is 36.4 Å². The van der Waals surface area contributed by atoms with E-state index < -0.39 is 16.1 Å². The van der Waals surface area contributed by atoms with Gasteiger partial charge in [-0.05, 0) is 49.0 Å². The molecular weight excluding hydrogens is 614 g/mol. The summed E-state index contributed by atoms with van der Waals surface area (Å²) in [4.78, 5) is 44.3. The molecule has 0 bridgehead atoms. The van der Waals surface area contributed by atoms with Crippen molar-refractivity contribution in [3.8, 4) is 0 Å². The van der Waals surface area contributed by atoms with E-state index in [1.54, 1.807) is 30.1 Å². The molecule has 5 rings (SSSR count). The molecule has 0 saturated carbocycles. The van der Waals surface area contributed by atoms with Gasteiger partial charge in [0.25, 0.3) is 16.0 Å². The van der Waals surface area contributed by atoms with Crippen molar-refractivity contribution < 1.29 is 37.6 Å². The van der Waals surface area contributed by atoms with E-state index in [2.05, 4.69) is 27.5 Å². The van der Waals surface area contributed by atoms with E-state index >= 15 is 0 Å². The number of piperazine rings is 1. The highest BCUT2D eigenvalue weighted by Gasteiger charge is 2.29. The average Bonchev–Trinajstić information content (AvgIpc) is 3.34. The molecular formula is C32H39N5O8S. The maximum absolute atomic E-state index is 13.2. The second-order valence-corrected chi connectivity index (χ2v) is 12.2. The number of nitrogens with zero attached hydrogens (tertiary/aromatic N) is 3. The lowest BCUT2D eigenvalue weighted by Gasteiger charge is -2.32. The van der Waals surface area contributed by atoms with Crippen LogP contribution in [0.5, 0.6) is 0 Å². The van der Waals surface area contributed by atoms with E-state index in [-0.39, 0.29) is 17.3 Å². The summed E-state index contributed by atoms with van der Waals surface area (Å²) in [6.45, 7) is 4.09. The Morgan fingerprint density at radius 3 is 2.17 bits per heavy atom. The molecule has 14 heteroatoms. The summed E-state index contributed by atoms with van der Waals surface area (Å²) in [5, 5.41) is 6.31. The Hall–Kier alpha value is -4.60. The van der Waals surface area contributed by atoms with Crippen molar-refractivity contribution in [3.63, 3.8) is 0 Å². The Morgan fingerprint density at radius 2 is 1.59 bits per heavy atom. The smallest absolute Gasteiger partial charge is 0.337 e. The zero-order chi connectivity index (χ0) is 32.7. The normalized spacial score (nSPS) is 15.7. The monoisotopic (exact) mass is 653 g/mol. The molecule has 0 radical (unpaired) electrons. The van der Waals surface area contributed by atoms with E-state index in [1.165, 1.54) is 7.11 Å². The highest BCUT2D eigenvalue weighted by molar-refractivity contribution is 7.85. The number of carbonyl (C=O) groups is 3. The van der Waals surface area contributed by atoms with Crippen molar-refractivity contribution in [1.82, 2.24) is 9.80 Å². The maximum Gasteiger partial charge on any atom is 0.337 e. The number of carbonyl (C=O) groups excluding carboxylic acids is 3. The molecule has 1 fully saturated rings. The van der Waals surface area contributed by atoms with Gasteiger partial charge in [0, 0.05) is 50.2 Å². The van der Waals surface area contributed by atoms with Crippen LogP contribution in [0, 0.1) is 0 Å². The van der Waals surface area contributed by atoms with Crippen LogP contribution in [0.15, 0.2) is 72.8 Å². The van der Waals surface area contributed by atoms with Gasteiger partial charge in [-0.2, -0.15) is 8.42 Å². The van der Waals surface area contributed by atoms with Crippen LogP contribution in [0.3, 0.4) is 0 Å². The molecule has 46 heavy (non-hydrogen) atoms. The van der Waals surface area contributed by atoms with Crippen molar-refractivity contribution in [1.29, 1.82) is 0 Å². The van der Waals surface area contributed by atoms with E-state index in [0.717, 1.165) is 43.1 Å². The molecule has 0 aliphatic carbocycles. The number of methoxy groups -OCH3 is 1. The predicted octanol–water partition coefficient (Wildman–Crippen LogP) is 2.30. The summed E-state index contributed by atoms with van der Waals surface area (Å²) >= 11 is 0. The third-order valence-electron chi connectivity index (χ3n) is 7.35. The molecule has 3 aromatic rings. The number of ether oxygens (including phenoxy) is 1. The van der Waals surface area contributed by atoms with E-state index in [0.29, 0.717) is 40.9 Å². The van der Waals surface area contributed by atoms with Gasteiger partial charge < -0.3 is 30.6 Å². The third kappa shape index (κ3) is 9.45. The highest BCUT2D eigenvalue weighted by Crippen LogP contribution is 2.38. The lowest BCUT2D eigenvalue weighted by atomic mass is 9.99. The SMILES string of the molecule is COC(=O)c1ccc2c(c1)NC(=O)/C2=C(\Nc1ccc(N(C)C(=O)CN2CCN(C)CC2)cc1)c1ccccc1.CS(=O)(=O)O.O. The van der Waals surface area contributed by atoms with Gasteiger partial charge in [0.2, 0.25) is 5.91 Å². The van der Waals surface area contributed by atoms with E-state index in [1.807, 2.05) is 54.6 Å². The lowest BCUT2D eigenvalue weighted by Crippen LogP contribution is -2.48. The molecule has 0 unspecified atom stereocenters. The largest absolute Gasteiger partial charge is 0.465 e. The second-order valence-electron chi connectivity index (χ2n) is 10.8. The number of rotatable bonds is 7. The van der Waals surface area contributed by atoms with Gasteiger partial charge in [-0.3, -0.25) is 19.0 Å². The summed E-state index contributed by atoms with van der Waals surface area (Å²) in [6.07, 6.45) is 0.715. The fraction of sp³-hybridized carbons (Fsp3) is 0.281. The Labute approximate surface area is 268 Å². The minimum absolute atomic E-state index is 0. The number of fused-ring (bicyclic) bond motifs is 1. The molecule has 0 aromatic heterocycles. The third-order valence-corrected chi connectivity index (χ3v) is 7.35. The van der Waals surface area contributed by atoms with Crippen LogP contribution in [-0.4, -0.2) is 106 Å². The number of likely N-dealkylation sites (N-methyl/N-ethyl adjacent to an activating group) is 2. The highest BCUT2D eigenvalue weighted by atomic mass is 32.2. The summed E-state index contributed by atoms with van der Waals surface area (Å²) in [7, 11) is 1.54. The van der Waals surface area contributed by atoms with Crippen molar-refractivity contribution in [2.24, 2.45) is 0 Å². The Balaban J connectivity index is 0.000000892. The number of hydrogen-bond donors (Lipinski definition) is 3. The molecule has 5 N–H and O–H groups in total. The first-order valence-electron chi connectivity index (χ1n) is 14.1. The van der Waals surface area contributed by atoms with Gasteiger partial charge in [0.05, 0.1) is 42.4 Å². The molecule has 2 heterocycles. The van der Waals surface area contributed by atoms with Crippen LogP contribution >= 0.6 is 0 Å². The van der Waals surface area contributed by atoms with Crippen LogP contribution < -0.4 is 15.5 Å². The minimum Gasteiger partial charge on any atom is -0.465 e. The summed E-state index contributed by atoms with van der Waals surface area (Å²) in [5.74, 6) is -0.694. The fourth-order valence-corrected chi connectivity index (χ4v) is 4.91. The zero-order valence-corrected chi connectivity index (χ0v) is 26.9. The number of hydrogen-bond acceptors (Lipinski definition) is 9. The van der Waals surface area contributed by atoms with Gasteiger partial charge >= 0.3 is 5.97 Å². The van der Waals surface area contributed by atoms with Crippen molar-refractivity contribution >= 4 is 56.2 Å². The predicted molar refractivity (Wildman–Crippen MR) is 178 cm³/mol. The standard InChI is InChI=1S/C31H33N5O4.CH4O3S.H2O/c1-34-15-17-36(18-16-34)20-27(37)35(2)24-12-10-23(11-13-24)32-29(21-7-5-4-6-8-21)28-25-14-9-22(31(39)40-3)19-26(25)33-30(28)38;1-5(2,3)4;/h4-14,19,32H,15-18,20H2,1-3H3,(H,33,38);1H3,(H,2,3,4);1H2/b29-28-;;. The maximum atomic E-state index is 13.2. The molecule has 246 valence electrons. The molecule has 2 aliphatic rings. The van der Waals surface area contributed by atoms with Crippen LogP contribution in [0.25, 0.3) is 11.3 Å². The van der Waals surface area contributed by atoms with Crippen LogP contribution in [0.2, 0.25) is 0 Å². The number of anilines is 3. The summed E-state index contributed by atoms with van der Waals surface area (Å²) in [5.41, 5.74) is 5.10. The van der Waals surface area contributed by atoms with E-state index in [9.17, 15) is 22.8 Å². The summed E-state index contributed by atoms with van der Waals surface area (Å²) < 4.78 is 30.7. The molecule has 0 spiro atoms. The van der Waals surface area contributed by atoms with Crippen molar-refractivity contribution in [2.75, 3.05) is 75.7 Å². The topological polar surface area (TPSA) is 180 Å². The average molecular weight is 654 g/mol. The van der Waals surface area contributed by atoms with Gasteiger partial charge in [-0.15, -0.1) is 0 Å². The molecule has 1 saturated heterocycles. The number of benzene rings is 3. The number of nitrogens with one attached hydrogen (secondary N) is 2. The van der Waals surface area contributed by atoms with Crippen molar-refractivity contribution in [2.45, 2.75) is 0 Å². The lowest BCUT2D eigenvalue weighted by molar-refractivity contribution is -0.119. The first kappa shape index (κ1) is 35.9. The fourth-order valence-electron chi connectivity index (χ4n) is 4.91. The summed E-state index contributed by atoms with van der Waals surface area (Å²) in [6, 6.07) is 22.2. The molecule has 0 atom stereocenters.